The topological polar surface area (TPSA) is 38.9 Å². The van der Waals surface area contributed by atoms with Gasteiger partial charge in [-0.3, -0.25) is 0 Å². The number of rotatable bonds is 6. The molecule has 0 bridgehead atoms. The van der Waals surface area contributed by atoms with Crippen molar-refractivity contribution in [3.05, 3.63) is 114 Å². The van der Waals surface area contributed by atoms with E-state index in [1.54, 1.807) is 34.9 Å². The van der Waals surface area contributed by atoms with Gasteiger partial charge in [0.15, 0.2) is 0 Å². The van der Waals surface area contributed by atoms with Crippen LogP contribution in [0.15, 0.2) is 89.6 Å². The van der Waals surface area contributed by atoms with Crippen LogP contribution in [0.5, 0.6) is 0 Å². The van der Waals surface area contributed by atoms with Gasteiger partial charge in [0.25, 0.3) is 0 Å². The molecule has 44 heavy (non-hydrogen) atoms. The minimum absolute atomic E-state index is 0. The third-order valence-corrected chi connectivity index (χ3v) is 11.7. The first kappa shape index (κ1) is 32.3. The molecule has 0 atom stereocenters. The Morgan fingerprint density at radius 1 is 0.909 bits per heavy atom. The average Bonchev–Trinajstić information content (AvgIpc) is 3.37. The third kappa shape index (κ3) is 7.57. The molecule has 3 aromatic carbocycles. The van der Waals surface area contributed by atoms with Crippen molar-refractivity contribution in [3.63, 3.8) is 0 Å². The fourth-order valence-corrected chi connectivity index (χ4v) is 8.63. The number of hydrogen-bond donors (Lipinski definition) is 0. The van der Waals surface area contributed by atoms with Crippen LogP contribution in [-0.4, -0.2) is 23.2 Å². The predicted molar refractivity (Wildman–Crippen MR) is 180 cm³/mol. The Kier molecular flexibility index (Phi) is 10.5. The molecule has 0 unspecified atom stereocenters. The van der Waals surface area contributed by atoms with Crippen LogP contribution < -0.4 is 4.40 Å². The summed E-state index contributed by atoms with van der Waals surface area (Å²) >= 11 is -1.86. The van der Waals surface area contributed by atoms with Crippen LogP contribution in [0.1, 0.15) is 46.1 Å². The number of halogens is 1. The first-order valence-corrected chi connectivity index (χ1v) is 22.1. The van der Waals surface area contributed by atoms with Crippen LogP contribution in [0.4, 0.5) is 4.39 Å². The quantitative estimate of drug-likeness (QED) is 0.124. The summed E-state index contributed by atoms with van der Waals surface area (Å²) in [5.41, 5.74) is 6.89. The molecule has 6 rings (SSSR count). The molecule has 0 aliphatic carbocycles. The van der Waals surface area contributed by atoms with Crippen molar-refractivity contribution in [2.45, 2.75) is 57.3 Å². The first-order chi connectivity index (χ1) is 20.8. The molecule has 229 valence electrons. The predicted octanol–water partition coefficient (Wildman–Crippen LogP) is 10.0. The summed E-state index contributed by atoms with van der Waals surface area (Å²) < 4.78 is 29.8. The molecule has 0 fully saturated rings. The summed E-state index contributed by atoms with van der Waals surface area (Å²) in [6, 6.07) is 28.8. The van der Waals surface area contributed by atoms with Gasteiger partial charge in [-0.2, -0.15) is 0 Å². The molecular weight excluding hydrogens is 784 g/mol. The summed E-state index contributed by atoms with van der Waals surface area (Å²) in [7, 11) is 0. The van der Waals surface area contributed by atoms with Gasteiger partial charge >= 0.3 is 126 Å². The Bertz CT molecular complexity index is 1910. The second-order valence-electron chi connectivity index (χ2n) is 12.6. The molecule has 6 heteroatoms. The largest absolute Gasteiger partial charge is 0.500 e. The molecule has 0 amide bonds. The summed E-state index contributed by atoms with van der Waals surface area (Å²) in [5.74, 6) is 6.95. The number of nitrogens with zero attached hydrogens (tertiary/aromatic N) is 2. The van der Waals surface area contributed by atoms with Crippen molar-refractivity contribution in [2.75, 3.05) is 0 Å². The molecule has 0 spiro atoms. The molecule has 0 saturated heterocycles. The maximum absolute atomic E-state index is 14.2. The molecule has 0 saturated carbocycles. The monoisotopic (exact) mass is 826 g/mol. The van der Waals surface area contributed by atoms with Gasteiger partial charge in [-0.25, -0.2) is 4.39 Å². The van der Waals surface area contributed by atoms with Gasteiger partial charge in [-0.15, -0.1) is 18.2 Å². The van der Waals surface area contributed by atoms with E-state index in [9.17, 15) is 4.39 Å². The Labute approximate surface area is 278 Å². The maximum Gasteiger partial charge on any atom is 0.133 e. The fraction of sp³-hybridized carbons (Fsp3) is 0.263. The zero-order chi connectivity index (χ0) is 31.6. The van der Waals surface area contributed by atoms with Crippen molar-refractivity contribution < 1.29 is 30.3 Å². The summed E-state index contributed by atoms with van der Waals surface area (Å²) in [6.45, 7) is 8.22. The van der Waals surface area contributed by atoms with Crippen LogP contribution in [0.3, 0.4) is 0 Å². The number of pyridine rings is 2. The van der Waals surface area contributed by atoms with Crippen molar-refractivity contribution in [3.8, 4) is 22.5 Å². The number of hydrogen-bond acceptors (Lipinski definition) is 3. The first-order valence-electron chi connectivity index (χ1n) is 15.3. The van der Waals surface area contributed by atoms with Crippen molar-refractivity contribution in [2.24, 2.45) is 5.92 Å². The average molecular weight is 825 g/mol. The number of furan rings is 1. The zero-order valence-electron chi connectivity index (χ0n) is 27.4. The van der Waals surface area contributed by atoms with Gasteiger partial charge in [0, 0.05) is 33.1 Å². The van der Waals surface area contributed by atoms with Crippen LogP contribution in [0.25, 0.3) is 44.5 Å². The van der Waals surface area contributed by atoms with E-state index >= 15 is 0 Å². The molecule has 3 nitrogen and oxygen atoms in total. The fourth-order valence-electron chi connectivity index (χ4n) is 5.30. The Morgan fingerprint density at radius 3 is 2.39 bits per heavy atom. The van der Waals surface area contributed by atoms with E-state index in [4.69, 9.17) is 10.8 Å². The molecule has 0 aliphatic rings. The van der Waals surface area contributed by atoms with Crippen LogP contribution in [0, 0.1) is 23.9 Å². The van der Waals surface area contributed by atoms with Gasteiger partial charge in [0.1, 0.15) is 11.4 Å². The van der Waals surface area contributed by atoms with Crippen molar-refractivity contribution >= 4 is 39.6 Å². The third-order valence-electron chi connectivity index (χ3n) is 7.41. The van der Waals surface area contributed by atoms with Crippen LogP contribution in [-0.2, 0) is 26.5 Å². The number of benzene rings is 3. The van der Waals surface area contributed by atoms with Crippen LogP contribution >= 0.6 is 0 Å². The number of aromatic nitrogens is 2. The Hall–Kier alpha value is -3.12. The molecule has 0 N–H and O–H groups in total. The summed E-state index contributed by atoms with van der Waals surface area (Å²) in [5, 5.41) is 1.17. The smallest absolute Gasteiger partial charge is 0.133 e. The van der Waals surface area contributed by atoms with E-state index in [-0.39, 0.29) is 25.9 Å². The molecule has 1 radical (unpaired) electrons. The molecular formula is C38H39FGeIrN2O-2. The van der Waals surface area contributed by atoms with Crippen LogP contribution in [0.2, 0.25) is 17.3 Å². The van der Waals surface area contributed by atoms with E-state index in [1.807, 2.05) is 44.2 Å². The van der Waals surface area contributed by atoms with Gasteiger partial charge < -0.3 is 9.40 Å². The van der Waals surface area contributed by atoms with Gasteiger partial charge in [0.05, 0.1) is 5.58 Å². The maximum atomic E-state index is 14.2. The normalized spacial score (nSPS) is 12.1. The number of fused-ring (bicyclic) bond motifs is 3. The summed E-state index contributed by atoms with van der Waals surface area (Å²) in [6.07, 6.45) is 4.95. The van der Waals surface area contributed by atoms with Gasteiger partial charge in [-0.1, -0.05) is 42.5 Å². The molecule has 6 aromatic rings. The van der Waals surface area contributed by atoms with E-state index in [2.05, 4.69) is 66.6 Å². The van der Waals surface area contributed by atoms with Crippen molar-refractivity contribution in [1.82, 2.24) is 9.97 Å². The minimum atomic E-state index is -1.86. The SMILES string of the molecule is CC(C)Cc1cc(-c2[c-]cccc2)nc[c]1[Ge]([CH3])([CH3])[CH3].[2H]C(C)(C)c1ccnc(-c2[c-]ccc3c2oc2cccc(F)c23)c1.[Ir]. The molecule has 3 aromatic heterocycles. The molecule has 0 aliphatic heterocycles. The second-order valence-corrected chi connectivity index (χ2v) is 23.2. The minimum Gasteiger partial charge on any atom is -0.500 e. The summed E-state index contributed by atoms with van der Waals surface area (Å²) in [4.78, 5) is 9.10. The van der Waals surface area contributed by atoms with Gasteiger partial charge in [-0.05, 0) is 29.8 Å². The Balaban J connectivity index is 0.000000204. The molecule has 3 heterocycles. The Morgan fingerprint density at radius 2 is 1.70 bits per heavy atom. The van der Waals surface area contributed by atoms with E-state index < -0.39 is 19.2 Å². The van der Waals surface area contributed by atoms with E-state index in [1.165, 1.54) is 11.6 Å². The zero-order valence-corrected chi connectivity index (χ0v) is 30.9. The van der Waals surface area contributed by atoms with Crippen molar-refractivity contribution in [1.29, 1.82) is 0 Å². The van der Waals surface area contributed by atoms with Gasteiger partial charge in [0.2, 0.25) is 0 Å². The van der Waals surface area contributed by atoms with E-state index in [0.29, 0.717) is 39.1 Å². The second kappa shape index (κ2) is 14.3. The van der Waals surface area contributed by atoms with E-state index in [0.717, 1.165) is 23.2 Å². The standard InChI is InChI=1S/C20H15FNO.C18H24GeN.Ir/c1-12(2)13-9-10-22-17(11-13)14-5-3-6-15-19-16(21)7-4-8-18(19)23-20(14)15;1-14(2)11-16-12-18(15-9-7-6-8-10-15)20-13-17(16)19(3,4)5;/h3-4,6-12H,1-2H3;6-9,12-14H,11H2,1-5H3;/q2*-1;/i12D;;.